The number of amides is 1. The van der Waals surface area contributed by atoms with Crippen molar-refractivity contribution in [1.82, 2.24) is 9.88 Å². The molecule has 0 aliphatic carbocycles. The molecule has 0 bridgehead atoms. The fraction of sp³-hybridized carbons (Fsp3) is 0.583. The summed E-state index contributed by atoms with van der Waals surface area (Å²) in [5, 5.41) is 2.96. The number of nitrogens with zero attached hydrogens (tertiary/aromatic N) is 1. The second-order valence-electron chi connectivity index (χ2n) is 4.60. The Kier molecular flexibility index (Phi) is 4.77. The Balaban J connectivity index is 2.82. The summed E-state index contributed by atoms with van der Waals surface area (Å²) in [6, 6.07) is 1.82. The van der Waals surface area contributed by atoms with Gasteiger partial charge in [-0.2, -0.15) is 0 Å². The summed E-state index contributed by atoms with van der Waals surface area (Å²) in [5.41, 5.74) is 0.282. The van der Waals surface area contributed by atoms with E-state index < -0.39 is 0 Å². The van der Waals surface area contributed by atoms with Crippen LogP contribution in [0.4, 0.5) is 0 Å². The molecule has 1 heterocycles. The highest BCUT2D eigenvalue weighted by atomic mass is 79.9. The summed E-state index contributed by atoms with van der Waals surface area (Å²) in [4.78, 5) is 12.1. The van der Waals surface area contributed by atoms with E-state index in [1.807, 2.05) is 37.6 Å². The lowest BCUT2D eigenvalue weighted by Crippen LogP contribution is -2.47. The standard InChI is InChI=1S/C12H19BrN2O2/c1-5-15-7-9(13)6-10(15)11(16)14-12(2,3)8-17-4/h6-7H,5,8H2,1-4H3,(H,14,16). The van der Waals surface area contributed by atoms with Crippen molar-refractivity contribution in [2.24, 2.45) is 0 Å². The molecule has 0 radical (unpaired) electrons. The predicted molar refractivity (Wildman–Crippen MR) is 71.2 cm³/mol. The first-order valence-corrected chi connectivity index (χ1v) is 6.36. The van der Waals surface area contributed by atoms with Gasteiger partial charge >= 0.3 is 0 Å². The zero-order valence-corrected chi connectivity index (χ0v) is 12.3. The van der Waals surface area contributed by atoms with Crippen molar-refractivity contribution in [3.63, 3.8) is 0 Å². The first-order valence-electron chi connectivity index (χ1n) is 5.56. The largest absolute Gasteiger partial charge is 0.382 e. The molecule has 1 aromatic heterocycles. The van der Waals surface area contributed by atoms with Gasteiger partial charge in [0, 0.05) is 24.3 Å². The molecular formula is C12H19BrN2O2. The van der Waals surface area contributed by atoms with E-state index in [1.54, 1.807) is 7.11 Å². The minimum Gasteiger partial charge on any atom is -0.382 e. The lowest BCUT2D eigenvalue weighted by atomic mass is 10.1. The monoisotopic (exact) mass is 302 g/mol. The molecule has 0 atom stereocenters. The number of rotatable bonds is 5. The number of carbonyl (C=O) groups is 1. The van der Waals surface area contributed by atoms with Crippen LogP contribution in [-0.2, 0) is 11.3 Å². The minimum absolute atomic E-state index is 0.0837. The summed E-state index contributed by atoms with van der Waals surface area (Å²) in [6.45, 7) is 7.11. The summed E-state index contributed by atoms with van der Waals surface area (Å²) in [7, 11) is 1.62. The molecule has 17 heavy (non-hydrogen) atoms. The molecule has 96 valence electrons. The highest BCUT2D eigenvalue weighted by Gasteiger charge is 2.22. The number of nitrogens with one attached hydrogen (secondary N) is 1. The Morgan fingerprint density at radius 2 is 2.24 bits per heavy atom. The van der Waals surface area contributed by atoms with Gasteiger partial charge in [-0.1, -0.05) is 0 Å². The molecule has 4 nitrogen and oxygen atoms in total. The number of aryl methyl sites for hydroxylation is 1. The van der Waals surface area contributed by atoms with Crippen molar-refractivity contribution >= 4 is 21.8 Å². The molecule has 1 rings (SSSR count). The lowest BCUT2D eigenvalue weighted by molar-refractivity contribution is 0.0811. The molecule has 1 aromatic rings. The molecule has 0 saturated heterocycles. The van der Waals surface area contributed by atoms with Gasteiger partial charge in [0.2, 0.25) is 0 Å². The molecule has 0 unspecified atom stereocenters. The van der Waals surface area contributed by atoms with Gasteiger partial charge in [0.1, 0.15) is 5.69 Å². The van der Waals surface area contributed by atoms with Crippen LogP contribution in [0.5, 0.6) is 0 Å². The molecule has 0 aromatic carbocycles. The van der Waals surface area contributed by atoms with Crippen molar-refractivity contribution in [2.45, 2.75) is 32.9 Å². The van der Waals surface area contributed by atoms with Crippen LogP contribution in [0, 0.1) is 0 Å². The Labute approximate surface area is 110 Å². The topological polar surface area (TPSA) is 43.3 Å². The van der Waals surface area contributed by atoms with Crippen LogP contribution in [0.15, 0.2) is 16.7 Å². The normalized spacial score (nSPS) is 11.6. The van der Waals surface area contributed by atoms with E-state index in [1.165, 1.54) is 0 Å². The molecule has 0 spiro atoms. The van der Waals surface area contributed by atoms with E-state index in [2.05, 4.69) is 21.2 Å². The third-order valence-corrected chi connectivity index (χ3v) is 2.83. The first kappa shape index (κ1) is 14.3. The average Bonchev–Trinajstić information content (AvgIpc) is 2.58. The van der Waals surface area contributed by atoms with Crippen LogP contribution in [0.2, 0.25) is 0 Å². The van der Waals surface area contributed by atoms with Crippen molar-refractivity contribution in [3.05, 3.63) is 22.4 Å². The second kappa shape index (κ2) is 5.69. The number of ether oxygens (including phenoxy) is 1. The van der Waals surface area contributed by atoms with Crippen LogP contribution < -0.4 is 5.32 Å². The smallest absolute Gasteiger partial charge is 0.268 e. The highest BCUT2D eigenvalue weighted by molar-refractivity contribution is 9.10. The van der Waals surface area contributed by atoms with Gasteiger partial charge < -0.3 is 14.6 Å². The molecule has 0 aliphatic rings. The van der Waals surface area contributed by atoms with Crippen molar-refractivity contribution in [2.75, 3.05) is 13.7 Å². The van der Waals surface area contributed by atoms with Crippen LogP contribution in [0.25, 0.3) is 0 Å². The van der Waals surface area contributed by atoms with Crippen molar-refractivity contribution in [3.8, 4) is 0 Å². The van der Waals surface area contributed by atoms with Gasteiger partial charge in [0.15, 0.2) is 0 Å². The lowest BCUT2D eigenvalue weighted by Gasteiger charge is -2.25. The maximum absolute atomic E-state index is 12.1. The molecule has 0 aliphatic heterocycles. The number of hydrogen-bond donors (Lipinski definition) is 1. The molecular weight excluding hydrogens is 284 g/mol. The second-order valence-corrected chi connectivity index (χ2v) is 5.52. The number of halogens is 1. The quantitative estimate of drug-likeness (QED) is 0.908. The maximum Gasteiger partial charge on any atom is 0.268 e. The number of methoxy groups -OCH3 is 1. The Bertz CT molecular complexity index is 399. The summed E-state index contributed by atoms with van der Waals surface area (Å²) in [6.07, 6.45) is 1.90. The predicted octanol–water partition coefficient (Wildman–Crippen LogP) is 2.43. The summed E-state index contributed by atoms with van der Waals surface area (Å²) < 4.78 is 7.89. The SMILES string of the molecule is CCn1cc(Br)cc1C(=O)NC(C)(C)COC. The molecule has 0 saturated carbocycles. The fourth-order valence-electron chi connectivity index (χ4n) is 1.70. The number of aromatic nitrogens is 1. The third-order valence-electron chi connectivity index (χ3n) is 2.39. The van der Waals surface area contributed by atoms with E-state index >= 15 is 0 Å². The highest BCUT2D eigenvalue weighted by Crippen LogP contribution is 2.16. The van der Waals surface area contributed by atoms with Crippen molar-refractivity contribution < 1.29 is 9.53 Å². The van der Waals surface area contributed by atoms with Gasteiger partial charge in [0.25, 0.3) is 5.91 Å². The van der Waals surface area contributed by atoms with Gasteiger partial charge in [-0.15, -0.1) is 0 Å². The van der Waals surface area contributed by atoms with Crippen LogP contribution >= 0.6 is 15.9 Å². The molecule has 1 N–H and O–H groups in total. The number of carbonyl (C=O) groups excluding carboxylic acids is 1. The van der Waals surface area contributed by atoms with E-state index in [9.17, 15) is 4.79 Å². The zero-order valence-electron chi connectivity index (χ0n) is 10.7. The number of hydrogen-bond acceptors (Lipinski definition) is 2. The van der Waals surface area contributed by atoms with Crippen LogP contribution in [0.3, 0.4) is 0 Å². The van der Waals surface area contributed by atoms with Gasteiger partial charge in [-0.25, -0.2) is 0 Å². The van der Waals surface area contributed by atoms with Crippen molar-refractivity contribution in [1.29, 1.82) is 0 Å². The van der Waals surface area contributed by atoms with E-state index in [-0.39, 0.29) is 11.4 Å². The average molecular weight is 303 g/mol. The molecule has 1 amide bonds. The minimum atomic E-state index is -0.374. The Hall–Kier alpha value is -0.810. The summed E-state index contributed by atoms with van der Waals surface area (Å²) >= 11 is 3.38. The molecule has 0 fully saturated rings. The van der Waals surface area contributed by atoms with Crippen LogP contribution in [0.1, 0.15) is 31.3 Å². The van der Waals surface area contributed by atoms with E-state index in [4.69, 9.17) is 4.74 Å². The van der Waals surface area contributed by atoms with Gasteiger partial charge in [0.05, 0.1) is 12.1 Å². The van der Waals surface area contributed by atoms with Gasteiger partial charge in [-0.3, -0.25) is 4.79 Å². The van der Waals surface area contributed by atoms with Crippen LogP contribution in [-0.4, -0.2) is 29.7 Å². The first-order chi connectivity index (χ1) is 7.89. The van der Waals surface area contributed by atoms with E-state index in [0.717, 1.165) is 11.0 Å². The maximum atomic E-state index is 12.1. The Morgan fingerprint density at radius 1 is 1.59 bits per heavy atom. The third kappa shape index (κ3) is 3.85. The van der Waals surface area contributed by atoms with E-state index in [0.29, 0.717) is 12.3 Å². The summed E-state index contributed by atoms with van der Waals surface area (Å²) in [5.74, 6) is -0.0837. The Morgan fingerprint density at radius 3 is 2.76 bits per heavy atom. The fourth-order valence-corrected chi connectivity index (χ4v) is 2.16. The molecule has 5 heteroatoms. The van der Waals surface area contributed by atoms with Gasteiger partial charge in [-0.05, 0) is 42.8 Å². The zero-order chi connectivity index (χ0) is 13.1.